The van der Waals surface area contributed by atoms with Crippen LogP contribution in [0, 0.1) is 5.82 Å². The van der Waals surface area contributed by atoms with E-state index in [9.17, 15) is 18.8 Å². The standard InChI is InChI=1S/C20H21FN2O4S/c1-14(28-17-6-4-3-5-7-17)20(26)27-13-19(25)23(2)12-18(24)22-16-10-8-15(21)9-11-16/h3-11,14H,12-13H2,1-2H3,(H,22,24)/t14-/m1/s1. The quantitative estimate of drug-likeness (QED) is 0.541. The molecule has 0 aliphatic carbocycles. The Hall–Kier alpha value is -2.87. The number of carbonyl (C=O) groups excluding carboxylic acids is 3. The average Bonchev–Trinajstić information content (AvgIpc) is 2.68. The van der Waals surface area contributed by atoms with Crippen molar-refractivity contribution in [2.45, 2.75) is 17.1 Å². The van der Waals surface area contributed by atoms with Crippen molar-refractivity contribution in [2.75, 3.05) is 25.5 Å². The number of likely N-dealkylation sites (N-methyl/N-ethyl adjacent to an activating group) is 1. The van der Waals surface area contributed by atoms with Crippen LogP contribution in [0.2, 0.25) is 0 Å². The number of benzene rings is 2. The summed E-state index contributed by atoms with van der Waals surface area (Å²) >= 11 is 1.33. The number of esters is 1. The summed E-state index contributed by atoms with van der Waals surface area (Å²) in [6, 6.07) is 14.7. The van der Waals surface area contributed by atoms with Crippen molar-refractivity contribution in [3.63, 3.8) is 0 Å². The first-order valence-corrected chi connectivity index (χ1v) is 9.41. The molecular formula is C20H21FN2O4S. The highest BCUT2D eigenvalue weighted by Gasteiger charge is 2.19. The Labute approximate surface area is 167 Å². The van der Waals surface area contributed by atoms with E-state index in [1.54, 1.807) is 6.92 Å². The van der Waals surface area contributed by atoms with Crippen LogP contribution in [0.3, 0.4) is 0 Å². The molecule has 0 bridgehead atoms. The van der Waals surface area contributed by atoms with Crippen LogP contribution in [0.5, 0.6) is 0 Å². The first kappa shape index (κ1) is 21.4. The zero-order valence-electron chi connectivity index (χ0n) is 15.6. The number of hydrogen-bond donors (Lipinski definition) is 1. The summed E-state index contributed by atoms with van der Waals surface area (Å²) in [6.07, 6.45) is 0. The normalized spacial score (nSPS) is 11.4. The monoisotopic (exact) mass is 404 g/mol. The van der Waals surface area contributed by atoms with Gasteiger partial charge in [0.05, 0.1) is 6.54 Å². The van der Waals surface area contributed by atoms with Gasteiger partial charge in [0.1, 0.15) is 11.1 Å². The number of rotatable bonds is 8. The van der Waals surface area contributed by atoms with Crippen LogP contribution in [0.1, 0.15) is 6.92 Å². The average molecular weight is 404 g/mol. The number of anilines is 1. The molecule has 28 heavy (non-hydrogen) atoms. The third-order valence-electron chi connectivity index (χ3n) is 3.66. The fourth-order valence-electron chi connectivity index (χ4n) is 2.15. The van der Waals surface area contributed by atoms with Gasteiger partial charge in [-0.15, -0.1) is 11.8 Å². The molecule has 0 saturated heterocycles. The van der Waals surface area contributed by atoms with Gasteiger partial charge in [0, 0.05) is 17.6 Å². The lowest BCUT2D eigenvalue weighted by atomic mass is 10.3. The lowest BCUT2D eigenvalue weighted by molar-refractivity contribution is -0.151. The summed E-state index contributed by atoms with van der Waals surface area (Å²) in [5, 5.41) is 2.08. The van der Waals surface area contributed by atoms with Crippen LogP contribution in [-0.2, 0) is 19.1 Å². The number of amides is 2. The zero-order valence-corrected chi connectivity index (χ0v) is 16.4. The van der Waals surface area contributed by atoms with E-state index in [0.717, 1.165) is 9.80 Å². The molecular weight excluding hydrogens is 383 g/mol. The third kappa shape index (κ3) is 7.03. The van der Waals surface area contributed by atoms with Gasteiger partial charge in [-0.2, -0.15) is 0 Å². The fraction of sp³-hybridized carbons (Fsp3) is 0.250. The van der Waals surface area contributed by atoms with E-state index in [1.165, 1.54) is 43.1 Å². The summed E-state index contributed by atoms with van der Waals surface area (Å²) < 4.78 is 17.9. The van der Waals surface area contributed by atoms with E-state index in [2.05, 4.69) is 5.32 Å². The number of nitrogens with one attached hydrogen (secondary N) is 1. The maximum Gasteiger partial charge on any atom is 0.319 e. The van der Waals surface area contributed by atoms with Gasteiger partial charge in [-0.3, -0.25) is 14.4 Å². The van der Waals surface area contributed by atoms with Gasteiger partial charge >= 0.3 is 5.97 Å². The largest absolute Gasteiger partial charge is 0.455 e. The minimum Gasteiger partial charge on any atom is -0.455 e. The van der Waals surface area contributed by atoms with Crippen molar-refractivity contribution in [2.24, 2.45) is 0 Å². The SMILES string of the molecule is C[C@@H](Sc1ccccc1)C(=O)OCC(=O)N(C)CC(=O)Nc1ccc(F)cc1. The molecule has 2 aromatic carbocycles. The van der Waals surface area contributed by atoms with E-state index in [1.807, 2.05) is 30.3 Å². The van der Waals surface area contributed by atoms with Crippen molar-refractivity contribution in [3.05, 3.63) is 60.4 Å². The second kappa shape index (κ2) is 10.5. The molecule has 0 spiro atoms. The Balaban J connectivity index is 1.74. The van der Waals surface area contributed by atoms with E-state index in [4.69, 9.17) is 4.74 Å². The molecule has 0 fully saturated rings. The van der Waals surface area contributed by atoms with Gasteiger partial charge in [0.15, 0.2) is 6.61 Å². The van der Waals surface area contributed by atoms with E-state index in [-0.39, 0.29) is 6.54 Å². The molecule has 0 heterocycles. The van der Waals surface area contributed by atoms with Crippen LogP contribution in [0.25, 0.3) is 0 Å². The lowest BCUT2D eigenvalue weighted by Crippen LogP contribution is -2.38. The Bertz CT molecular complexity index is 815. The van der Waals surface area contributed by atoms with Crippen molar-refractivity contribution >= 4 is 35.2 Å². The van der Waals surface area contributed by atoms with Crippen LogP contribution in [0.15, 0.2) is 59.5 Å². The van der Waals surface area contributed by atoms with E-state index in [0.29, 0.717) is 5.69 Å². The van der Waals surface area contributed by atoms with Crippen molar-refractivity contribution < 1.29 is 23.5 Å². The second-order valence-corrected chi connectivity index (χ2v) is 7.40. The molecule has 0 aliphatic heterocycles. The summed E-state index contributed by atoms with van der Waals surface area (Å²) in [5.74, 6) is -1.86. The Morgan fingerprint density at radius 3 is 2.39 bits per heavy atom. The highest BCUT2D eigenvalue weighted by atomic mass is 32.2. The molecule has 0 radical (unpaired) electrons. The molecule has 0 aromatic heterocycles. The topological polar surface area (TPSA) is 75.7 Å². The number of hydrogen-bond acceptors (Lipinski definition) is 5. The van der Waals surface area contributed by atoms with Gasteiger partial charge in [-0.05, 0) is 43.3 Å². The molecule has 0 unspecified atom stereocenters. The fourth-order valence-corrected chi connectivity index (χ4v) is 3.04. The summed E-state index contributed by atoms with van der Waals surface area (Å²) in [5.41, 5.74) is 0.422. The molecule has 2 aromatic rings. The maximum atomic E-state index is 12.9. The predicted octanol–water partition coefficient (Wildman–Crippen LogP) is 2.95. The Kier molecular flexibility index (Phi) is 8.01. The van der Waals surface area contributed by atoms with Crippen molar-refractivity contribution in [1.29, 1.82) is 0 Å². The molecule has 1 atom stereocenters. The number of halogens is 1. The van der Waals surface area contributed by atoms with Crippen LogP contribution < -0.4 is 5.32 Å². The molecule has 148 valence electrons. The minimum atomic E-state index is -0.508. The predicted molar refractivity (Wildman–Crippen MR) is 105 cm³/mol. The summed E-state index contributed by atoms with van der Waals surface area (Å²) in [6.45, 7) is 1.03. The van der Waals surface area contributed by atoms with Crippen molar-refractivity contribution in [3.8, 4) is 0 Å². The number of ether oxygens (including phenoxy) is 1. The van der Waals surface area contributed by atoms with Crippen LogP contribution >= 0.6 is 11.8 Å². The van der Waals surface area contributed by atoms with Gasteiger partial charge in [-0.1, -0.05) is 18.2 Å². The molecule has 0 aliphatic rings. The molecule has 1 N–H and O–H groups in total. The van der Waals surface area contributed by atoms with Gasteiger partial charge < -0.3 is 15.0 Å². The molecule has 8 heteroatoms. The first-order valence-electron chi connectivity index (χ1n) is 8.53. The number of carbonyl (C=O) groups is 3. The zero-order chi connectivity index (χ0) is 20.5. The van der Waals surface area contributed by atoms with Gasteiger partial charge in [0.25, 0.3) is 5.91 Å². The smallest absolute Gasteiger partial charge is 0.319 e. The summed E-state index contributed by atoms with van der Waals surface area (Å²) in [7, 11) is 1.43. The third-order valence-corrected chi connectivity index (χ3v) is 4.75. The molecule has 6 nitrogen and oxygen atoms in total. The highest BCUT2D eigenvalue weighted by molar-refractivity contribution is 8.00. The van der Waals surface area contributed by atoms with Crippen LogP contribution in [0.4, 0.5) is 10.1 Å². The van der Waals surface area contributed by atoms with E-state index < -0.39 is 35.5 Å². The Morgan fingerprint density at radius 2 is 1.75 bits per heavy atom. The van der Waals surface area contributed by atoms with Gasteiger partial charge in [0.2, 0.25) is 5.91 Å². The number of nitrogens with zero attached hydrogens (tertiary/aromatic N) is 1. The second-order valence-electron chi connectivity index (χ2n) is 5.99. The molecule has 2 rings (SSSR count). The maximum absolute atomic E-state index is 12.9. The number of thioether (sulfide) groups is 1. The van der Waals surface area contributed by atoms with Crippen LogP contribution in [-0.4, -0.2) is 48.1 Å². The van der Waals surface area contributed by atoms with Gasteiger partial charge in [-0.25, -0.2) is 4.39 Å². The minimum absolute atomic E-state index is 0.220. The van der Waals surface area contributed by atoms with Crippen molar-refractivity contribution in [1.82, 2.24) is 4.90 Å². The highest BCUT2D eigenvalue weighted by Crippen LogP contribution is 2.23. The lowest BCUT2D eigenvalue weighted by Gasteiger charge is -2.17. The first-order chi connectivity index (χ1) is 13.3. The molecule has 0 saturated carbocycles. The molecule has 2 amide bonds. The van der Waals surface area contributed by atoms with E-state index >= 15 is 0 Å². The summed E-state index contributed by atoms with van der Waals surface area (Å²) in [4.78, 5) is 38.1. The Morgan fingerprint density at radius 1 is 1.11 bits per heavy atom.